The molecule has 0 spiro atoms. The van der Waals surface area contributed by atoms with Gasteiger partial charge in [0, 0.05) is 18.0 Å². The first-order valence-corrected chi connectivity index (χ1v) is 11.5. The first kappa shape index (κ1) is 30.1. The first-order chi connectivity index (χ1) is 17.9. The Balaban J connectivity index is 2.05. The molecule has 0 fully saturated rings. The summed E-state index contributed by atoms with van der Waals surface area (Å²) in [5.41, 5.74) is 3.03. The van der Waals surface area contributed by atoms with Crippen LogP contribution in [0.1, 0.15) is 26.4 Å². The van der Waals surface area contributed by atoms with Crippen molar-refractivity contribution in [3.63, 3.8) is 0 Å². The van der Waals surface area contributed by atoms with Crippen molar-refractivity contribution in [2.75, 3.05) is 5.32 Å². The fourth-order valence-electron chi connectivity index (χ4n) is 2.93. The van der Waals surface area contributed by atoms with Crippen LogP contribution in [-0.2, 0) is 6.18 Å². The zero-order chi connectivity index (χ0) is 29.2. The summed E-state index contributed by atoms with van der Waals surface area (Å²) in [6, 6.07) is 6.78. The largest absolute Gasteiger partial charge is 0.573 e. The van der Waals surface area contributed by atoms with E-state index >= 15 is 0 Å². The zero-order valence-electron chi connectivity index (χ0n) is 18.9. The third kappa shape index (κ3) is 8.79. The molecule has 0 saturated heterocycles. The molecule has 0 radical (unpaired) electrons. The number of alkyl halides is 6. The van der Waals surface area contributed by atoms with E-state index in [1.165, 1.54) is 6.07 Å². The second-order valence-electron chi connectivity index (χ2n) is 7.39. The van der Waals surface area contributed by atoms with Crippen LogP contribution in [0.5, 0.6) is 23.0 Å². The van der Waals surface area contributed by atoms with E-state index < -0.39 is 56.3 Å². The van der Waals surface area contributed by atoms with Gasteiger partial charge in [0.2, 0.25) is 3.60 Å². The van der Waals surface area contributed by atoms with Crippen LogP contribution in [0, 0.1) is 0 Å². The molecule has 0 aliphatic heterocycles. The highest BCUT2D eigenvalue weighted by Gasteiger charge is 2.34. The van der Waals surface area contributed by atoms with Crippen LogP contribution in [0.2, 0.25) is 0 Å². The number of carbonyl (C=O) groups excluding carboxylic acids is 2. The molecular weight excluding hydrogens is 596 g/mol. The van der Waals surface area contributed by atoms with Crippen molar-refractivity contribution in [3.8, 4) is 23.0 Å². The number of hydrogen-bond acceptors (Lipinski definition) is 9. The van der Waals surface area contributed by atoms with Crippen LogP contribution in [0.4, 0.5) is 32.0 Å². The SMILES string of the molecule is NC(=O)c1cc(NC(=O)c2cc(C(F)(F)F)ccc2Oc2ccc(OC(F)(F)F)cc2OC(S)(S)S)ccn1. The van der Waals surface area contributed by atoms with Crippen molar-refractivity contribution >= 4 is 55.4 Å². The van der Waals surface area contributed by atoms with Gasteiger partial charge < -0.3 is 25.3 Å². The third-order valence-corrected chi connectivity index (χ3v) is 4.71. The molecule has 3 aromatic rings. The molecule has 3 N–H and O–H groups in total. The molecule has 1 heterocycles. The van der Waals surface area contributed by atoms with Gasteiger partial charge in [-0.25, -0.2) is 0 Å². The number of aromatic nitrogens is 1. The Bertz CT molecular complexity index is 1400. The van der Waals surface area contributed by atoms with Crippen LogP contribution in [0.25, 0.3) is 0 Å². The number of nitrogens with one attached hydrogen (secondary N) is 1. The van der Waals surface area contributed by atoms with E-state index in [2.05, 4.69) is 52.9 Å². The fourth-order valence-corrected chi connectivity index (χ4v) is 3.22. The summed E-state index contributed by atoms with van der Waals surface area (Å²) in [7, 11) is 0. The monoisotopic (exact) mass is 611 g/mol. The number of rotatable bonds is 8. The Kier molecular flexibility index (Phi) is 8.76. The molecule has 0 atom stereocenters. The smallest absolute Gasteiger partial charge is 0.455 e. The topological polar surface area (TPSA) is 113 Å². The number of thiol groups is 3. The van der Waals surface area contributed by atoms with E-state index in [-0.39, 0.29) is 17.1 Å². The van der Waals surface area contributed by atoms with Gasteiger partial charge in [0.05, 0.1) is 11.1 Å². The molecule has 3 rings (SSSR count). The van der Waals surface area contributed by atoms with E-state index in [0.717, 1.165) is 36.5 Å². The molecule has 0 unspecified atom stereocenters. The number of benzene rings is 2. The lowest BCUT2D eigenvalue weighted by Gasteiger charge is -2.22. The predicted molar refractivity (Wildman–Crippen MR) is 136 cm³/mol. The molecule has 39 heavy (non-hydrogen) atoms. The van der Waals surface area contributed by atoms with Crippen molar-refractivity contribution in [3.05, 3.63) is 71.5 Å². The van der Waals surface area contributed by atoms with Crippen LogP contribution in [0.15, 0.2) is 54.7 Å². The fraction of sp³-hybridized carbons (Fsp3) is 0.136. The maximum absolute atomic E-state index is 13.4. The lowest BCUT2D eigenvalue weighted by atomic mass is 10.1. The van der Waals surface area contributed by atoms with Crippen molar-refractivity contribution in [2.45, 2.75) is 16.1 Å². The quantitative estimate of drug-likeness (QED) is 0.123. The molecule has 0 aliphatic carbocycles. The summed E-state index contributed by atoms with van der Waals surface area (Å²) in [5.74, 6) is -4.06. The van der Waals surface area contributed by atoms with Crippen molar-refractivity contribution in [2.24, 2.45) is 5.73 Å². The van der Waals surface area contributed by atoms with E-state index in [9.17, 15) is 35.9 Å². The minimum absolute atomic E-state index is 0.0326. The average molecular weight is 612 g/mol. The van der Waals surface area contributed by atoms with Gasteiger partial charge in [-0.1, -0.05) is 0 Å². The van der Waals surface area contributed by atoms with Crippen LogP contribution in [-0.4, -0.2) is 26.8 Å². The Morgan fingerprint density at radius 3 is 2.10 bits per heavy atom. The number of nitrogens with zero attached hydrogens (tertiary/aromatic N) is 1. The summed E-state index contributed by atoms with van der Waals surface area (Å²) >= 11 is 11.7. The minimum Gasteiger partial charge on any atom is -0.455 e. The number of nitrogens with two attached hydrogens (primary N) is 1. The molecule has 208 valence electrons. The number of hydrogen-bond donors (Lipinski definition) is 5. The highest BCUT2D eigenvalue weighted by Crippen LogP contribution is 2.42. The van der Waals surface area contributed by atoms with E-state index in [0.29, 0.717) is 12.1 Å². The van der Waals surface area contributed by atoms with Crippen molar-refractivity contribution in [1.82, 2.24) is 4.98 Å². The maximum atomic E-state index is 13.4. The number of amides is 2. The van der Waals surface area contributed by atoms with Gasteiger partial charge in [0.25, 0.3) is 11.8 Å². The standard InChI is InChI=1S/C22H15F6N3O5S3/c23-20(24,25)10-1-3-15(13(7-10)19(33)31-11-5-6-30-14(8-11)18(29)32)34-16-4-2-12(35-21(26,27)28)9-17(16)36-22(37,38)39/h1-9,37-39H,(H2,29,32)(H,30,31,33). The second-order valence-corrected chi connectivity index (χ2v) is 10.3. The van der Waals surface area contributed by atoms with Crippen LogP contribution >= 0.6 is 37.9 Å². The highest BCUT2D eigenvalue weighted by atomic mass is 32.2. The summed E-state index contributed by atoms with van der Waals surface area (Å²) in [4.78, 5) is 28.1. The van der Waals surface area contributed by atoms with Gasteiger partial charge in [-0.05, 0) is 42.5 Å². The summed E-state index contributed by atoms with van der Waals surface area (Å²) < 4.78 is 91.1. The molecular formula is C22H15F6N3O5S3. The van der Waals surface area contributed by atoms with Gasteiger partial charge >= 0.3 is 12.5 Å². The number of halogens is 6. The lowest BCUT2D eigenvalue weighted by molar-refractivity contribution is -0.274. The molecule has 2 aromatic carbocycles. The molecule has 17 heteroatoms. The van der Waals surface area contributed by atoms with Crippen LogP contribution < -0.4 is 25.3 Å². The average Bonchev–Trinajstić information content (AvgIpc) is 2.78. The Morgan fingerprint density at radius 1 is 0.846 bits per heavy atom. The van der Waals surface area contributed by atoms with E-state index in [1.54, 1.807) is 0 Å². The van der Waals surface area contributed by atoms with Crippen LogP contribution in [0.3, 0.4) is 0 Å². The zero-order valence-corrected chi connectivity index (χ0v) is 21.6. The third-order valence-electron chi connectivity index (χ3n) is 4.44. The van der Waals surface area contributed by atoms with Gasteiger partial charge in [0.1, 0.15) is 17.2 Å². The predicted octanol–water partition coefficient (Wildman–Crippen LogP) is 5.92. The first-order valence-electron chi connectivity index (χ1n) is 10.1. The van der Waals surface area contributed by atoms with Gasteiger partial charge in [-0.2, -0.15) is 13.2 Å². The highest BCUT2D eigenvalue weighted by molar-refractivity contribution is 8.16. The van der Waals surface area contributed by atoms with Gasteiger partial charge in [-0.3, -0.25) is 14.6 Å². The molecule has 1 aromatic heterocycles. The van der Waals surface area contributed by atoms with Gasteiger partial charge in [-0.15, -0.1) is 51.1 Å². The molecule has 0 aliphatic rings. The lowest BCUT2D eigenvalue weighted by Crippen LogP contribution is -2.18. The Labute approximate surface area is 232 Å². The molecule has 2 amide bonds. The number of anilines is 1. The maximum Gasteiger partial charge on any atom is 0.573 e. The normalized spacial score (nSPS) is 12.0. The van der Waals surface area contributed by atoms with Crippen molar-refractivity contribution in [1.29, 1.82) is 0 Å². The number of ether oxygens (including phenoxy) is 3. The van der Waals surface area contributed by atoms with Crippen molar-refractivity contribution < 1.29 is 50.1 Å². The summed E-state index contributed by atoms with van der Waals surface area (Å²) in [6.07, 6.45) is -8.77. The number of pyridine rings is 1. The summed E-state index contributed by atoms with van der Waals surface area (Å²) in [6.45, 7) is 0. The van der Waals surface area contributed by atoms with E-state index in [1.807, 2.05) is 0 Å². The second kappa shape index (κ2) is 11.4. The number of carbonyl (C=O) groups is 2. The summed E-state index contributed by atoms with van der Waals surface area (Å²) in [5, 5.41) is 2.30. The minimum atomic E-state index is -5.06. The molecule has 0 bridgehead atoms. The van der Waals surface area contributed by atoms with Gasteiger partial charge in [0.15, 0.2) is 11.5 Å². The molecule has 0 saturated carbocycles. The van der Waals surface area contributed by atoms with E-state index in [4.69, 9.17) is 15.2 Å². The Morgan fingerprint density at radius 2 is 1.51 bits per heavy atom. The Hall–Kier alpha value is -3.44. The molecule has 8 nitrogen and oxygen atoms in total. The number of primary amides is 1.